The minimum absolute atomic E-state index is 0.0452. The smallest absolute Gasteiger partial charge is 0.338 e. The monoisotopic (exact) mass is 1480 g/mol. The fraction of sp³-hybridized carbons (Fsp3) is 0.449. The van der Waals surface area contributed by atoms with E-state index in [1.54, 1.807) is 146 Å². The van der Waals surface area contributed by atoms with Gasteiger partial charge in [0.15, 0.2) is 80.1 Å². The molecule has 27 nitrogen and oxygen atoms in total. The van der Waals surface area contributed by atoms with Gasteiger partial charge in [-0.15, -0.1) is 0 Å². The summed E-state index contributed by atoms with van der Waals surface area (Å²) in [5, 5.41) is 0. The summed E-state index contributed by atoms with van der Waals surface area (Å²) >= 11 is 7.16. The van der Waals surface area contributed by atoms with Crippen LogP contribution in [0.5, 0.6) is 0 Å². The zero-order chi connectivity index (χ0) is 73.4. The quantitative estimate of drug-likeness (QED) is 0.0329. The van der Waals surface area contributed by atoms with Crippen LogP contribution in [-0.4, -0.2) is 190 Å². The van der Waals surface area contributed by atoms with E-state index in [9.17, 15) is 28.8 Å². The molecular weight excluding hydrogens is 1400 g/mol. The Morgan fingerprint density at radius 3 is 0.943 bits per heavy atom. The highest BCUT2D eigenvalue weighted by atomic mass is 35.5. The van der Waals surface area contributed by atoms with Gasteiger partial charge in [-0.25, -0.2) is 9.59 Å². The summed E-state index contributed by atoms with van der Waals surface area (Å²) in [6, 6.07) is 51.9. The van der Waals surface area contributed by atoms with Gasteiger partial charge in [0.25, 0.3) is 0 Å². The molecule has 8 aliphatic rings. The summed E-state index contributed by atoms with van der Waals surface area (Å²) in [5.74, 6) is -5.11. The van der Waals surface area contributed by atoms with Gasteiger partial charge < -0.3 is 104 Å². The van der Waals surface area contributed by atoms with Gasteiger partial charge in [0.05, 0.1) is 50.4 Å². The fourth-order valence-corrected chi connectivity index (χ4v) is 14.2. The predicted octanol–water partition coefficient (Wildman–Crippen LogP) is 8.68. The van der Waals surface area contributed by atoms with Crippen LogP contribution in [0, 0.1) is 0 Å². The van der Waals surface area contributed by atoms with Crippen molar-refractivity contribution in [3.05, 3.63) is 215 Å². The second-order valence-corrected chi connectivity index (χ2v) is 27.0. The largest absolute Gasteiger partial charge is 0.455 e. The highest BCUT2D eigenvalue weighted by molar-refractivity contribution is 6.20. The standard InChI is InChI=1S/C78H79ClO27/c1-42(80)34-36-55(83)96-62-58-52(39-88-73(101-58)48-28-16-7-17-29-48)94-77(67(62)97-56(84)37-35-43(2)81)106-64-60-54(41-90-75(103-60)50-32-20-9-21-33-50)95-78(68(64)99-71(86)46-24-12-5-13-25-46)105-63-59-53(40-89-74(102-59)49-30-18-8-19-31-49)93-76(66(63)91-44(3)82)104-61-57-51(38-87-72(100-57)47-26-14-6-15-27-47)92-69(79)65(61)98-70(85)45-22-10-4-11-23-45/h4-33,51-54,57-69,72-78H,34-41H2,1-3H3/t51-,52-,53-,54-,57-,58-,59-,60-,61+,62+,63+,64+,65-,66-,67-,68-,69-,72?,73?,74?,75?,76+,77+,78+/m1/s1. The topological polar surface area (TPSA) is 304 Å². The van der Waals surface area contributed by atoms with Crippen LogP contribution >= 0.6 is 11.6 Å². The minimum Gasteiger partial charge on any atom is -0.455 e. The zero-order valence-corrected chi connectivity index (χ0v) is 58.5. The SMILES string of the molecule is CC(=O)CCC(=O)O[C@@H]1[C@@H](OC(=O)CCC(C)=O)[C@H](O[C@@H]2[C@@H](OC(=O)c3ccccc3)[C@H](O[C@@H]3[C@@H](OC(C)=O)[C@H](O[C@@H]4[C@@H](OC(=O)c5ccccc5)[C@H](Cl)O[C@@H]5COC(c6ccccc6)O[C@@H]45)O[C@@H]4COC(c5ccccc5)O[C@@H]34)O[C@@H]3COC(c4ccccc4)O[C@@H]23)O[C@@H]2COC(c3ccccc3)O[C@@H]12. The highest BCUT2D eigenvalue weighted by Gasteiger charge is 2.63. The summed E-state index contributed by atoms with van der Waals surface area (Å²) < 4.78 is 134. The summed E-state index contributed by atoms with van der Waals surface area (Å²) in [7, 11) is 0. The zero-order valence-electron chi connectivity index (χ0n) is 57.7. The number of ketones is 2. The van der Waals surface area contributed by atoms with Gasteiger partial charge >= 0.3 is 29.8 Å². The maximum absolute atomic E-state index is 15.2. The Bertz CT molecular complexity index is 3960. The molecule has 0 aliphatic carbocycles. The van der Waals surface area contributed by atoms with Crippen LogP contribution < -0.4 is 0 Å². The van der Waals surface area contributed by atoms with Crippen molar-refractivity contribution in [2.45, 2.75) is 194 Å². The van der Waals surface area contributed by atoms with Gasteiger partial charge in [0, 0.05) is 42.0 Å². The van der Waals surface area contributed by atoms with Crippen LogP contribution in [0.25, 0.3) is 0 Å². The van der Waals surface area contributed by atoms with Gasteiger partial charge in [-0.1, -0.05) is 169 Å². The molecule has 0 aromatic heterocycles. The van der Waals surface area contributed by atoms with Crippen molar-refractivity contribution >= 4 is 53.0 Å². The number of carbonyl (C=O) groups excluding carboxylic acids is 7. The van der Waals surface area contributed by atoms with E-state index in [2.05, 4.69) is 0 Å². The first-order valence-electron chi connectivity index (χ1n) is 35.1. The van der Waals surface area contributed by atoms with Crippen molar-refractivity contribution in [1.29, 1.82) is 0 Å². The molecule has 0 saturated carbocycles. The lowest BCUT2D eigenvalue weighted by Crippen LogP contribution is -2.70. The molecule has 8 fully saturated rings. The van der Waals surface area contributed by atoms with E-state index in [0.717, 1.165) is 6.92 Å². The molecule has 24 atom stereocenters. The van der Waals surface area contributed by atoms with Gasteiger partial charge in [0.1, 0.15) is 78.7 Å². The van der Waals surface area contributed by atoms with Gasteiger partial charge in [0.2, 0.25) is 0 Å². The normalized spacial score (nSPS) is 34.0. The van der Waals surface area contributed by atoms with E-state index in [0.29, 0.717) is 22.3 Å². The first-order valence-corrected chi connectivity index (χ1v) is 35.6. The third kappa shape index (κ3) is 17.5. The van der Waals surface area contributed by atoms with Crippen LogP contribution in [0.15, 0.2) is 182 Å². The Hall–Kier alpha value is -8.30. The molecule has 4 unspecified atom stereocenters. The van der Waals surface area contributed by atoms with Crippen LogP contribution in [0.1, 0.15) is 115 Å². The molecule has 0 radical (unpaired) electrons. The molecule has 6 aromatic carbocycles. The average Bonchev–Trinajstić information content (AvgIpc) is 0.745. The highest BCUT2D eigenvalue weighted by Crippen LogP contribution is 2.46. The lowest BCUT2D eigenvalue weighted by atomic mass is 9.93. The van der Waals surface area contributed by atoms with Crippen LogP contribution in [0.3, 0.4) is 0 Å². The van der Waals surface area contributed by atoms with Crippen molar-refractivity contribution < 1.29 is 128 Å². The van der Waals surface area contributed by atoms with E-state index in [4.69, 9.17) is 106 Å². The van der Waals surface area contributed by atoms with Crippen LogP contribution in [0.2, 0.25) is 0 Å². The van der Waals surface area contributed by atoms with Crippen LogP contribution in [0.4, 0.5) is 0 Å². The Labute approximate surface area is 614 Å². The second kappa shape index (κ2) is 34.3. The van der Waals surface area contributed by atoms with Crippen LogP contribution in [-0.2, 0) is 119 Å². The lowest BCUT2D eigenvalue weighted by Gasteiger charge is -2.54. The number of alkyl halides is 1. The lowest BCUT2D eigenvalue weighted by molar-refractivity contribution is -0.424. The molecule has 560 valence electrons. The van der Waals surface area contributed by atoms with E-state index in [1.807, 2.05) is 24.3 Å². The Morgan fingerprint density at radius 1 is 0.321 bits per heavy atom. The van der Waals surface area contributed by atoms with Crippen molar-refractivity contribution in [2.75, 3.05) is 26.4 Å². The molecular formula is C78H79ClO27. The Balaban J connectivity index is 0.883. The van der Waals surface area contributed by atoms with E-state index >= 15 is 4.79 Å². The van der Waals surface area contributed by atoms with E-state index < -0.39 is 190 Å². The molecule has 0 amide bonds. The molecule has 8 heterocycles. The summed E-state index contributed by atoms with van der Waals surface area (Å²) in [4.78, 5) is 97.1. The molecule has 0 N–H and O–H groups in total. The van der Waals surface area contributed by atoms with Crippen molar-refractivity contribution in [1.82, 2.24) is 0 Å². The third-order valence-electron chi connectivity index (χ3n) is 19.0. The number of Topliss-reactive ketones (excluding diaryl/α,β-unsaturated/α-hetero) is 2. The molecule has 0 bridgehead atoms. The number of fused-ring (bicyclic) bond motifs is 4. The average molecular weight is 1480 g/mol. The molecule has 106 heavy (non-hydrogen) atoms. The van der Waals surface area contributed by atoms with E-state index in [1.165, 1.54) is 26.0 Å². The molecule has 8 aliphatic heterocycles. The van der Waals surface area contributed by atoms with Crippen molar-refractivity contribution in [3.63, 3.8) is 0 Å². The maximum Gasteiger partial charge on any atom is 0.338 e. The van der Waals surface area contributed by atoms with Gasteiger partial charge in [-0.2, -0.15) is 0 Å². The molecule has 8 saturated heterocycles. The summed E-state index contributed by atoms with van der Waals surface area (Å²) in [5.41, 5.74) is 1.11. The third-order valence-corrected chi connectivity index (χ3v) is 19.3. The maximum atomic E-state index is 15.2. The van der Waals surface area contributed by atoms with Crippen molar-refractivity contribution in [2.24, 2.45) is 0 Å². The number of ether oxygens (including phenoxy) is 20. The molecule has 0 spiro atoms. The first-order chi connectivity index (χ1) is 51.5. The second-order valence-electron chi connectivity index (χ2n) is 26.5. The summed E-state index contributed by atoms with van der Waals surface area (Å²) in [6.07, 6.45) is -34.2. The number of halogens is 1. The van der Waals surface area contributed by atoms with E-state index in [-0.39, 0.29) is 62.0 Å². The number of hydrogen-bond donors (Lipinski definition) is 0. The predicted molar refractivity (Wildman–Crippen MR) is 362 cm³/mol. The molecule has 28 heteroatoms. The number of hydrogen-bond acceptors (Lipinski definition) is 27. The molecule has 14 rings (SSSR count). The van der Waals surface area contributed by atoms with Crippen molar-refractivity contribution in [3.8, 4) is 0 Å². The Kier molecular flexibility index (Phi) is 24.1. The first kappa shape index (κ1) is 74.6. The fourth-order valence-electron chi connectivity index (χ4n) is 13.9. The number of benzene rings is 6. The van der Waals surface area contributed by atoms with Gasteiger partial charge in [-0.3, -0.25) is 14.4 Å². The number of esters is 5. The van der Waals surface area contributed by atoms with Gasteiger partial charge in [-0.05, 0) is 38.1 Å². The molecule has 6 aromatic rings. The minimum atomic E-state index is -1.89. The number of carbonyl (C=O) groups is 7. The number of rotatable bonds is 23. The summed E-state index contributed by atoms with van der Waals surface area (Å²) in [6.45, 7) is 2.95. The Morgan fingerprint density at radius 2 is 0.604 bits per heavy atom.